The normalized spacial score (nSPS) is 12.0. The number of hydrogen-bond acceptors (Lipinski definition) is 3. The second-order valence-electron chi connectivity index (χ2n) is 4.34. The molecule has 0 saturated heterocycles. The first-order valence-electron chi connectivity index (χ1n) is 6.19. The topological polar surface area (TPSA) is 47.3 Å². The van der Waals surface area contributed by atoms with Crippen LogP contribution >= 0.6 is 23.2 Å². The Balaban J connectivity index is 2.21. The maximum atomic E-state index is 6.04. The maximum Gasteiger partial charge on any atom is 0.120 e. The summed E-state index contributed by atoms with van der Waals surface area (Å²) in [5, 5.41) is 4.42. The minimum Gasteiger partial charge on any atom is -0.497 e. The molecule has 0 radical (unpaired) electrons. The van der Waals surface area contributed by atoms with Crippen LogP contribution in [-0.4, -0.2) is 13.7 Å². The summed E-state index contributed by atoms with van der Waals surface area (Å²) in [5.41, 5.74) is 7.77. The zero-order valence-electron chi connectivity index (χ0n) is 11.1. The summed E-state index contributed by atoms with van der Waals surface area (Å²) >= 11 is 12.0. The SMILES string of the molecule is COc1cccc(NC(CN)c2ccc(Cl)c(Cl)c2)c1. The molecular formula is C15H16Cl2N2O. The van der Waals surface area contributed by atoms with Gasteiger partial charge in [-0.15, -0.1) is 0 Å². The van der Waals surface area contributed by atoms with E-state index in [4.69, 9.17) is 33.7 Å². The van der Waals surface area contributed by atoms with Gasteiger partial charge in [0.25, 0.3) is 0 Å². The Labute approximate surface area is 128 Å². The number of anilines is 1. The summed E-state index contributed by atoms with van der Waals surface area (Å²) in [6, 6.07) is 13.2. The van der Waals surface area contributed by atoms with Crippen LogP contribution < -0.4 is 15.8 Å². The van der Waals surface area contributed by atoms with Crippen molar-refractivity contribution in [1.82, 2.24) is 0 Å². The Hall–Kier alpha value is -1.42. The molecule has 106 valence electrons. The molecule has 3 N–H and O–H groups in total. The molecule has 3 nitrogen and oxygen atoms in total. The van der Waals surface area contributed by atoms with Gasteiger partial charge in [-0.3, -0.25) is 0 Å². The van der Waals surface area contributed by atoms with Gasteiger partial charge in [0.15, 0.2) is 0 Å². The van der Waals surface area contributed by atoms with Crippen molar-refractivity contribution in [3.05, 3.63) is 58.1 Å². The highest BCUT2D eigenvalue weighted by Crippen LogP contribution is 2.28. The molecular weight excluding hydrogens is 295 g/mol. The van der Waals surface area contributed by atoms with Crippen molar-refractivity contribution in [1.29, 1.82) is 0 Å². The summed E-state index contributed by atoms with van der Waals surface area (Å²) in [6.45, 7) is 0.440. The van der Waals surface area contributed by atoms with E-state index in [1.54, 1.807) is 13.2 Å². The molecule has 5 heteroatoms. The third-order valence-electron chi connectivity index (χ3n) is 2.99. The maximum absolute atomic E-state index is 6.04. The van der Waals surface area contributed by atoms with E-state index in [9.17, 15) is 0 Å². The third kappa shape index (κ3) is 3.57. The molecule has 20 heavy (non-hydrogen) atoms. The van der Waals surface area contributed by atoms with Gasteiger partial charge in [-0.2, -0.15) is 0 Å². The summed E-state index contributed by atoms with van der Waals surface area (Å²) < 4.78 is 5.20. The number of methoxy groups -OCH3 is 1. The van der Waals surface area contributed by atoms with Gasteiger partial charge in [0, 0.05) is 18.3 Å². The van der Waals surface area contributed by atoms with E-state index in [0.29, 0.717) is 16.6 Å². The average molecular weight is 311 g/mol. The van der Waals surface area contributed by atoms with Gasteiger partial charge in [-0.05, 0) is 29.8 Å². The van der Waals surface area contributed by atoms with Crippen molar-refractivity contribution in [2.24, 2.45) is 5.73 Å². The summed E-state index contributed by atoms with van der Waals surface area (Å²) in [4.78, 5) is 0. The number of nitrogens with two attached hydrogens (primary N) is 1. The smallest absolute Gasteiger partial charge is 0.120 e. The van der Waals surface area contributed by atoms with Gasteiger partial charge in [0.05, 0.1) is 23.2 Å². The van der Waals surface area contributed by atoms with Crippen molar-refractivity contribution in [3.63, 3.8) is 0 Å². The van der Waals surface area contributed by atoms with Crippen LogP contribution in [0.25, 0.3) is 0 Å². The van der Waals surface area contributed by atoms with E-state index in [-0.39, 0.29) is 6.04 Å². The monoisotopic (exact) mass is 310 g/mol. The second kappa shape index (κ2) is 6.84. The molecule has 2 aromatic rings. The molecule has 0 saturated carbocycles. The highest BCUT2D eigenvalue weighted by atomic mass is 35.5. The Kier molecular flexibility index (Phi) is 5.12. The van der Waals surface area contributed by atoms with Gasteiger partial charge in [-0.1, -0.05) is 35.3 Å². The molecule has 0 aliphatic carbocycles. The van der Waals surface area contributed by atoms with Crippen LogP contribution in [0.5, 0.6) is 5.75 Å². The van der Waals surface area contributed by atoms with E-state index >= 15 is 0 Å². The van der Waals surface area contributed by atoms with Crippen LogP contribution in [0.3, 0.4) is 0 Å². The summed E-state index contributed by atoms with van der Waals surface area (Å²) in [6.07, 6.45) is 0. The number of ether oxygens (including phenoxy) is 1. The lowest BCUT2D eigenvalue weighted by Crippen LogP contribution is -2.20. The van der Waals surface area contributed by atoms with Crippen molar-refractivity contribution >= 4 is 28.9 Å². The summed E-state index contributed by atoms with van der Waals surface area (Å²) in [7, 11) is 1.64. The van der Waals surface area contributed by atoms with Crippen LogP contribution in [0.2, 0.25) is 10.0 Å². The number of halogens is 2. The van der Waals surface area contributed by atoms with Crippen LogP contribution in [0.15, 0.2) is 42.5 Å². The first-order valence-corrected chi connectivity index (χ1v) is 6.95. The first-order chi connectivity index (χ1) is 9.63. The summed E-state index contributed by atoms with van der Waals surface area (Å²) in [5.74, 6) is 0.792. The zero-order valence-corrected chi connectivity index (χ0v) is 12.6. The highest BCUT2D eigenvalue weighted by Gasteiger charge is 2.11. The predicted octanol–water partition coefficient (Wildman–Crippen LogP) is 4.11. The van der Waals surface area contributed by atoms with Crippen LogP contribution in [0, 0.1) is 0 Å². The molecule has 2 rings (SSSR count). The van der Waals surface area contributed by atoms with E-state index in [0.717, 1.165) is 17.0 Å². The van der Waals surface area contributed by atoms with Crippen LogP contribution in [0.4, 0.5) is 5.69 Å². The Morgan fingerprint density at radius 2 is 1.95 bits per heavy atom. The lowest BCUT2D eigenvalue weighted by molar-refractivity contribution is 0.415. The van der Waals surface area contributed by atoms with Gasteiger partial charge >= 0.3 is 0 Å². The largest absolute Gasteiger partial charge is 0.497 e. The molecule has 0 aliphatic heterocycles. The fraction of sp³-hybridized carbons (Fsp3) is 0.200. The number of nitrogens with one attached hydrogen (secondary N) is 1. The Morgan fingerprint density at radius 3 is 2.60 bits per heavy atom. The van der Waals surface area contributed by atoms with E-state index in [1.165, 1.54) is 0 Å². The molecule has 0 amide bonds. The minimum absolute atomic E-state index is 0.0446. The molecule has 0 heterocycles. The Bertz CT molecular complexity index is 590. The molecule has 1 atom stereocenters. The lowest BCUT2D eigenvalue weighted by atomic mass is 10.1. The van der Waals surface area contributed by atoms with Crippen molar-refractivity contribution in [2.75, 3.05) is 19.0 Å². The quantitative estimate of drug-likeness (QED) is 0.873. The predicted molar refractivity (Wildman–Crippen MR) is 84.9 cm³/mol. The van der Waals surface area contributed by atoms with Crippen molar-refractivity contribution in [2.45, 2.75) is 6.04 Å². The van der Waals surface area contributed by atoms with E-state index in [1.807, 2.05) is 36.4 Å². The zero-order chi connectivity index (χ0) is 14.5. The van der Waals surface area contributed by atoms with Gasteiger partial charge in [0.2, 0.25) is 0 Å². The molecule has 0 fully saturated rings. The molecule has 1 unspecified atom stereocenters. The van der Waals surface area contributed by atoms with Crippen molar-refractivity contribution in [3.8, 4) is 5.75 Å². The molecule has 0 bridgehead atoms. The standard InChI is InChI=1S/C15H16Cl2N2O/c1-20-12-4-2-3-11(8-12)19-15(9-18)10-5-6-13(16)14(17)7-10/h2-8,15,19H,9,18H2,1H3. The molecule has 0 spiro atoms. The third-order valence-corrected chi connectivity index (χ3v) is 3.73. The number of rotatable bonds is 5. The molecule has 0 aromatic heterocycles. The van der Waals surface area contributed by atoms with Crippen LogP contribution in [0.1, 0.15) is 11.6 Å². The molecule has 2 aromatic carbocycles. The highest BCUT2D eigenvalue weighted by molar-refractivity contribution is 6.42. The molecule has 0 aliphatic rings. The van der Waals surface area contributed by atoms with E-state index in [2.05, 4.69) is 5.32 Å². The number of hydrogen-bond donors (Lipinski definition) is 2. The fourth-order valence-electron chi connectivity index (χ4n) is 1.92. The number of benzene rings is 2. The first kappa shape index (κ1) is 15.0. The van der Waals surface area contributed by atoms with Gasteiger partial charge < -0.3 is 15.8 Å². The van der Waals surface area contributed by atoms with Gasteiger partial charge in [0.1, 0.15) is 5.75 Å². The van der Waals surface area contributed by atoms with Crippen LogP contribution in [-0.2, 0) is 0 Å². The van der Waals surface area contributed by atoms with E-state index < -0.39 is 0 Å². The van der Waals surface area contributed by atoms with Crippen molar-refractivity contribution < 1.29 is 4.74 Å². The van der Waals surface area contributed by atoms with Gasteiger partial charge in [-0.25, -0.2) is 0 Å². The Morgan fingerprint density at radius 1 is 1.15 bits per heavy atom. The second-order valence-corrected chi connectivity index (χ2v) is 5.15. The fourth-order valence-corrected chi connectivity index (χ4v) is 2.23. The average Bonchev–Trinajstić information content (AvgIpc) is 2.48. The minimum atomic E-state index is -0.0446. The lowest BCUT2D eigenvalue weighted by Gasteiger charge is -2.19.